The standard InChI is InChI=1S/C26H26N2OS/c29-26(16-19-27-17-14-21(15-18-27)20-8-2-1-3-9-20)28-22-10-4-6-12-24(22)30-25-13-7-5-11-23(25)28/h1-13,21H,14-19H2. The van der Waals surface area contributed by atoms with E-state index in [-0.39, 0.29) is 5.91 Å². The van der Waals surface area contributed by atoms with Crippen LogP contribution in [-0.2, 0) is 4.79 Å². The molecule has 1 saturated heterocycles. The summed E-state index contributed by atoms with van der Waals surface area (Å²) in [6, 6.07) is 27.3. The molecule has 0 aliphatic carbocycles. The first kappa shape index (κ1) is 19.4. The Hall–Kier alpha value is -2.56. The number of hydrogen-bond donors (Lipinski definition) is 0. The van der Waals surface area contributed by atoms with E-state index in [0.29, 0.717) is 12.3 Å². The molecule has 0 saturated carbocycles. The molecule has 5 rings (SSSR count). The third-order valence-corrected chi connectivity index (χ3v) is 7.31. The predicted molar refractivity (Wildman–Crippen MR) is 124 cm³/mol. The summed E-state index contributed by atoms with van der Waals surface area (Å²) < 4.78 is 0. The predicted octanol–water partition coefficient (Wildman–Crippen LogP) is 6.09. The Morgan fingerprint density at radius 3 is 2.00 bits per heavy atom. The van der Waals surface area contributed by atoms with E-state index in [2.05, 4.69) is 59.5 Å². The maximum absolute atomic E-state index is 13.3. The second-order valence-corrected chi connectivity index (χ2v) is 9.13. The Labute approximate surface area is 182 Å². The van der Waals surface area contributed by atoms with E-state index in [1.54, 1.807) is 11.8 Å². The molecular weight excluding hydrogens is 388 g/mol. The van der Waals surface area contributed by atoms with Gasteiger partial charge in [-0.2, -0.15) is 0 Å². The van der Waals surface area contributed by atoms with E-state index in [1.165, 1.54) is 18.4 Å². The van der Waals surface area contributed by atoms with E-state index in [9.17, 15) is 4.79 Å². The molecule has 30 heavy (non-hydrogen) atoms. The van der Waals surface area contributed by atoms with Gasteiger partial charge in [0, 0.05) is 22.8 Å². The lowest BCUT2D eigenvalue weighted by Crippen LogP contribution is -2.37. The van der Waals surface area contributed by atoms with Crippen LogP contribution in [0.2, 0.25) is 0 Å². The highest BCUT2D eigenvalue weighted by atomic mass is 32.2. The lowest BCUT2D eigenvalue weighted by molar-refractivity contribution is -0.118. The number of nitrogens with zero attached hydrogens (tertiary/aromatic N) is 2. The molecule has 4 heteroatoms. The zero-order chi connectivity index (χ0) is 20.3. The van der Waals surface area contributed by atoms with Crippen LogP contribution in [0, 0.1) is 0 Å². The first-order valence-corrected chi connectivity index (χ1v) is 11.6. The third kappa shape index (κ3) is 3.90. The molecule has 2 heterocycles. The normalized spacial score (nSPS) is 16.7. The third-order valence-electron chi connectivity index (χ3n) is 6.18. The Kier molecular flexibility index (Phi) is 5.60. The van der Waals surface area contributed by atoms with Crippen LogP contribution in [0.15, 0.2) is 88.7 Å². The molecule has 152 valence electrons. The van der Waals surface area contributed by atoms with Crippen molar-refractivity contribution in [3.63, 3.8) is 0 Å². The molecule has 0 unspecified atom stereocenters. The van der Waals surface area contributed by atoms with Crippen LogP contribution in [0.1, 0.15) is 30.7 Å². The zero-order valence-electron chi connectivity index (χ0n) is 17.0. The Morgan fingerprint density at radius 2 is 1.37 bits per heavy atom. The van der Waals surface area contributed by atoms with Crippen molar-refractivity contribution in [2.75, 3.05) is 24.5 Å². The van der Waals surface area contributed by atoms with Gasteiger partial charge in [0.15, 0.2) is 0 Å². The lowest BCUT2D eigenvalue weighted by Gasteiger charge is -2.34. The fourth-order valence-electron chi connectivity index (χ4n) is 4.55. The SMILES string of the molecule is O=C(CCN1CCC(c2ccccc2)CC1)N1c2ccccc2Sc2ccccc21. The minimum atomic E-state index is 0.181. The number of carbonyl (C=O) groups excluding carboxylic acids is 1. The highest BCUT2D eigenvalue weighted by Gasteiger charge is 2.28. The number of hydrogen-bond acceptors (Lipinski definition) is 3. The van der Waals surface area contributed by atoms with E-state index >= 15 is 0 Å². The summed E-state index contributed by atoms with van der Waals surface area (Å²) in [4.78, 5) is 20.0. The minimum absolute atomic E-state index is 0.181. The van der Waals surface area contributed by atoms with Gasteiger partial charge >= 0.3 is 0 Å². The van der Waals surface area contributed by atoms with Crippen molar-refractivity contribution in [3.05, 3.63) is 84.4 Å². The fraction of sp³-hybridized carbons (Fsp3) is 0.269. The highest BCUT2D eigenvalue weighted by molar-refractivity contribution is 7.99. The Balaban J connectivity index is 1.25. The monoisotopic (exact) mass is 414 g/mol. The Bertz CT molecular complexity index is 982. The van der Waals surface area contributed by atoms with Crippen molar-refractivity contribution in [2.24, 2.45) is 0 Å². The first-order valence-electron chi connectivity index (χ1n) is 10.8. The Morgan fingerprint density at radius 1 is 0.800 bits per heavy atom. The van der Waals surface area contributed by atoms with E-state index < -0.39 is 0 Å². The van der Waals surface area contributed by atoms with E-state index in [0.717, 1.165) is 40.8 Å². The molecule has 2 aliphatic heterocycles. The number of benzene rings is 3. The van der Waals surface area contributed by atoms with Gasteiger partial charge < -0.3 is 4.90 Å². The molecule has 3 nitrogen and oxygen atoms in total. The highest BCUT2D eigenvalue weighted by Crippen LogP contribution is 2.48. The van der Waals surface area contributed by atoms with Gasteiger partial charge in [-0.15, -0.1) is 0 Å². The molecule has 3 aromatic rings. The molecule has 0 bridgehead atoms. The van der Waals surface area contributed by atoms with Crippen molar-refractivity contribution < 1.29 is 4.79 Å². The van der Waals surface area contributed by atoms with Gasteiger partial charge in [-0.05, 0) is 61.7 Å². The molecule has 0 aromatic heterocycles. The molecule has 0 N–H and O–H groups in total. The number of fused-ring (bicyclic) bond motifs is 2. The molecule has 3 aromatic carbocycles. The van der Waals surface area contributed by atoms with Crippen LogP contribution in [0.4, 0.5) is 11.4 Å². The number of carbonyl (C=O) groups is 1. The van der Waals surface area contributed by atoms with Gasteiger partial charge in [0.05, 0.1) is 11.4 Å². The average molecular weight is 415 g/mol. The van der Waals surface area contributed by atoms with Gasteiger partial charge in [-0.3, -0.25) is 9.69 Å². The molecule has 0 radical (unpaired) electrons. The van der Waals surface area contributed by atoms with Crippen LogP contribution in [0.25, 0.3) is 0 Å². The molecule has 0 spiro atoms. The van der Waals surface area contributed by atoms with Gasteiger partial charge in [-0.1, -0.05) is 66.4 Å². The first-order chi connectivity index (χ1) is 14.8. The van der Waals surface area contributed by atoms with E-state index in [4.69, 9.17) is 0 Å². The van der Waals surface area contributed by atoms with Crippen molar-refractivity contribution in [3.8, 4) is 0 Å². The lowest BCUT2D eigenvalue weighted by atomic mass is 9.89. The number of amides is 1. The molecular formula is C26H26N2OS. The van der Waals surface area contributed by atoms with Crippen molar-refractivity contribution >= 4 is 29.0 Å². The van der Waals surface area contributed by atoms with Crippen molar-refractivity contribution in [1.29, 1.82) is 0 Å². The van der Waals surface area contributed by atoms with Crippen molar-refractivity contribution in [1.82, 2.24) is 4.90 Å². The van der Waals surface area contributed by atoms with Gasteiger partial charge in [0.1, 0.15) is 0 Å². The topological polar surface area (TPSA) is 23.6 Å². The van der Waals surface area contributed by atoms with Crippen LogP contribution >= 0.6 is 11.8 Å². The molecule has 2 aliphatic rings. The largest absolute Gasteiger partial charge is 0.303 e. The zero-order valence-corrected chi connectivity index (χ0v) is 17.9. The molecule has 1 fully saturated rings. The van der Waals surface area contributed by atoms with Crippen LogP contribution in [0.3, 0.4) is 0 Å². The maximum Gasteiger partial charge on any atom is 0.232 e. The summed E-state index contributed by atoms with van der Waals surface area (Å²) in [5.41, 5.74) is 3.47. The number of likely N-dealkylation sites (tertiary alicyclic amines) is 1. The van der Waals surface area contributed by atoms with E-state index in [1.807, 2.05) is 29.2 Å². The second-order valence-electron chi connectivity index (χ2n) is 8.04. The molecule has 0 atom stereocenters. The number of rotatable bonds is 4. The maximum atomic E-state index is 13.3. The summed E-state index contributed by atoms with van der Waals surface area (Å²) in [5.74, 6) is 0.830. The summed E-state index contributed by atoms with van der Waals surface area (Å²) in [6.45, 7) is 2.96. The van der Waals surface area contributed by atoms with Crippen LogP contribution in [-0.4, -0.2) is 30.4 Å². The molecule has 1 amide bonds. The number of anilines is 2. The van der Waals surface area contributed by atoms with Crippen LogP contribution < -0.4 is 4.90 Å². The van der Waals surface area contributed by atoms with Crippen molar-refractivity contribution in [2.45, 2.75) is 35.0 Å². The van der Waals surface area contributed by atoms with Gasteiger partial charge in [0.2, 0.25) is 5.91 Å². The second kappa shape index (κ2) is 8.66. The number of para-hydroxylation sites is 2. The average Bonchev–Trinajstić information content (AvgIpc) is 2.82. The minimum Gasteiger partial charge on any atom is -0.303 e. The summed E-state index contributed by atoms with van der Waals surface area (Å²) in [5, 5.41) is 0. The van der Waals surface area contributed by atoms with Gasteiger partial charge in [0.25, 0.3) is 0 Å². The summed E-state index contributed by atoms with van der Waals surface area (Å²) in [7, 11) is 0. The fourth-order valence-corrected chi connectivity index (χ4v) is 5.61. The quantitative estimate of drug-likeness (QED) is 0.516. The number of piperidine rings is 1. The van der Waals surface area contributed by atoms with Crippen LogP contribution in [0.5, 0.6) is 0 Å². The smallest absolute Gasteiger partial charge is 0.232 e. The summed E-state index contributed by atoms with van der Waals surface area (Å²) in [6.07, 6.45) is 2.89. The summed E-state index contributed by atoms with van der Waals surface area (Å²) >= 11 is 1.74. The van der Waals surface area contributed by atoms with Gasteiger partial charge in [-0.25, -0.2) is 0 Å².